The van der Waals surface area contributed by atoms with Crippen molar-refractivity contribution in [3.63, 3.8) is 0 Å². The SMILES string of the molecule is Cc1cc2ccccc2cc1B(c1cccc(B2OC(C)(C)C(C)(C)O2)c1)c1cc2ccccc2cc1C. The first-order valence-electron chi connectivity index (χ1n) is 13.6. The van der Waals surface area contributed by atoms with E-state index in [2.05, 4.69) is 139 Å². The first kappa shape index (κ1) is 25.0. The Bertz CT molecular complexity index is 1570. The Hall–Kier alpha value is -3.33. The number of hydrogen-bond donors (Lipinski definition) is 0. The van der Waals surface area contributed by atoms with Crippen LogP contribution in [0.15, 0.2) is 97.1 Å². The average Bonchev–Trinajstić information content (AvgIpc) is 3.11. The van der Waals surface area contributed by atoms with Crippen LogP contribution < -0.4 is 21.9 Å². The van der Waals surface area contributed by atoms with Gasteiger partial charge in [-0.1, -0.05) is 125 Å². The van der Waals surface area contributed by atoms with Crippen LogP contribution in [0.4, 0.5) is 0 Å². The molecule has 2 nitrogen and oxygen atoms in total. The number of rotatable bonds is 4. The van der Waals surface area contributed by atoms with E-state index in [1.54, 1.807) is 0 Å². The summed E-state index contributed by atoms with van der Waals surface area (Å²) in [6, 6.07) is 35.5. The summed E-state index contributed by atoms with van der Waals surface area (Å²) in [6.45, 7) is 13.0. The average molecular weight is 496 g/mol. The summed E-state index contributed by atoms with van der Waals surface area (Å²) >= 11 is 0. The molecule has 0 radical (unpaired) electrons. The van der Waals surface area contributed by atoms with E-state index in [0.29, 0.717) is 0 Å². The van der Waals surface area contributed by atoms with Gasteiger partial charge in [-0.2, -0.15) is 0 Å². The van der Waals surface area contributed by atoms with E-state index in [4.69, 9.17) is 9.31 Å². The normalized spacial score (nSPS) is 16.3. The molecule has 1 heterocycles. The Morgan fingerprint density at radius 1 is 0.553 bits per heavy atom. The van der Waals surface area contributed by atoms with E-state index >= 15 is 0 Å². The molecule has 4 heteroatoms. The van der Waals surface area contributed by atoms with Gasteiger partial charge in [0.1, 0.15) is 0 Å². The summed E-state index contributed by atoms with van der Waals surface area (Å²) in [4.78, 5) is 0. The van der Waals surface area contributed by atoms with Gasteiger partial charge in [-0.15, -0.1) is 0 Å². The predicted octanol–water partition coefficient (Wildman–Crippen LogP) is 5.43. The van der Waals surface area contributed by atoms with Crippen molar-refractivity contribution in [2.75, 3.05) is 0 Å². The molecule has 0 bridgehead atoms. The first-order chi connectivity index (χ1) is 18.1. The van der Waals surface area contributed by atoms with Crippen molar-refractivity contribution in [3.05, 3.63) is 108 Å². The van der Waals surface area contributed by atoms with E-state index in [-0.39, 0.29) is 17.9 Å². The number of aryl methyl sites for hydroxylation is 2. The summed E-state index contributed by atoms with van der Waals surface area (Å²) in [7, 11) is -0.393. The Morgan fingerprint density at radius 2 is 1.00 bits per heavy atom. The fraction of sp³-hybridized carbons (Fsp3) is 0.235. The first-order valence-corrected chi connectivity index (χ1v) is 13.6. The van der Waals surface area contributed by atoms with E-state index in [1.165, 1.54) is 49.1 Å². The summed E-state index contributed by atoms with van der Waals surface area (Å²) < 4.78 is 12.9. The van der Waals surface area contributed by atoms with Crippen LogP contribution in [-0.4, -0.2) is 25.0 Å². The second-order valence-corrected chi connectivity index (χ2v) is 11.8. The molecule has 5 aromatic carbocycles. The van der Waals surface area contributed by atoms with Crippen LogP contribution in [0.3, 0.4) is 0 Å². The third-order valence-electron chi connectivity index (χ3n) is 8.66. The topological polar surface area (TPSA) is 18.5 Å². The highest BCUT2D eigenvalue weighted by molar-refractivity contribution is 6.96. The van der Waals surface area contributed by atoms with Gasteiger partial charge >= 0.3 is 7.12 Å². The second kappa shape index (κ2) is 9.15. The quantitative estimate of drug-likeness (QED) is 0.310. The molecular weight excluding hydrogens is 462 g/mol. The Kier molecular flexibility index (Phi) is 6.01. The molecular formula is C34H34B2O2. The number of fused-ring (bicyclic) bond motifs is 2. The minimum absolute atomic E-state index is 0.0755. The van der Waals surface area contributed by atoms with Gasteiger partial charge in [-0.05, 0) is 68.6 Å². The minimum atomic E-state index is -0.393. The maximum atomic E-state index is 6.44. The van der Waals surface area contributed by atoms with Crippen molar-refractivity contribution < 1.29 is 9.31 Å². The molecule has 5 aromatic rings. The number of hydrogen-bond acceptors (Lipinski definition) is 2. The van der Waals surface area contributed by atoms with Crippen LogP contribution in [0.1, 0.15) is 38.8 Å². The van der Waals surface area contributed by atoms with Crippen molar-refractivity contribution in [3.8, 4) is 0 Å². The lowest BCUT2D eigenvalue weighted by Crippen LogP contribution is -2.55. The fourth-order valence-electron chi connectivity index (χ4n) is 5.76. The maximum absolute atomic E-state index is 6.44. The predicted molar refractivity (Wildman–Crippen MR) is 164 cm³/mol. The van der Waals surface area contributed by atoms with Crippen molar-refractivity contribution in [2.45, 2.75) is 52.7 Å². The summed E-state index contributed by atoms with van der Waals surface area (Å²) in [5, 5.41) is 5.07. The largest absolute Gasteiger partial charge is 0.494 e. The number of benzene rings is 5. The molecule has 0 amide bonds. The smallest absolute Gasteiger partial charge is 0.399 e. The zero-order valence-corrected chi connectivity index (χ0v) is 23.2. The zero-order chi connectivity index (χ0) is 26.7. The Balaban J connectivity index is 1.55. The lowest BCUT2D eigenvalue weighted by molar-refractivity contribution is 0.00578. The van der Waals surface area contributed by atoms with Crippen LogP contribution in [0.25, 0.3) is 21.5 Å². The van der Waals surface area contributed by atoms with Crippen LogP contribution >= 0.6 is 0 Å². The molecule has 0 N–H and O–H groups in total. The lowest BCUT2D eigenvalue weighted by atomic mass is 9.35. The molecule has 1 saturated heterocycles. The highest BCUT2D eigenvalue weighted by atomic mass is 16.7. The molecule has 38 heavy (non-hydrogen) atoms. The zero-order valence-electron chi connectivity index (χ0n) is 23.2. The van der Waals surface area contributed by atoms with Gasteiger partial charge in [0.05, 0.1) is 11.2 Å². The molecule has 0 unspecified atom stereocenters. The molecule has 1 fully saturated rings. The van der Waals surface area contributed by atoms with E-state index in [1.807, 2.05) is 0 Å². The molecule has 188 valence electrons. The molecule has 0 aromatic heterocycles. The van der Waals surface area contributed by atoms with Crippen LogP contribution in [0, 0.1) is 13.8 Å². The Morgan fingerprint density at radius 3 is 1.47 bits per heavy atom. The van der Waals surface area contributed by atoms with Crippen molar-refractivity contribution in [2.24, 2.45) is 0 Å². The Labute approximate surface area is 227 Å². The maximum Gasteiger partial charge on any atom is 0.494 e. The van der Waals surface area contributed by atoms with E-state index in [9.17, 15) is 0 Å². The van der Waals surface area contributed by atoms with Gasteiger partial charge in [0, 0.05) is 0 Å². The lowest BCUT2D eigenvalue weighted by Gasteiger charge is -2.32. The molecule has 0 aliphatic carbocycles. The van der Waals surface area contributed by atoms with Crippen molar-refractivity contribution in [1.82, 2.24) is 0 Å². The van der Waals surface area contributed by atoms with Gasteiger partial charge < -0.3 is 9.31 Å². The monoisotopic (exact) mass is 496 g/mol. The minimum Gasteiger partial charge on any atom is -0.399 e. The molecule has 1 aliphatic heterocycles. The van der Waals surface area contributed by atoms with Crippen LogP contribution in [-0.2, 0) is 9.31 Å². The van der Waals surface area contributed by atoms with Gasteiger partial charge in [-0.3, -0.25) is 0 Å². The van der Waals surface area contributed by atoms with Crippen molar-refractivity contribution >= 4 is 57.2 Å². The standard InChI is InChI=1S/C34H34B2O2/c1-23-18-25-12-7-9-14-27(25)20-31(23)35(32-21-28-15-10-8-13-26(28)19-24(32)2)29-16-11-17-30(22-29)36-37-33(3,4)34(5,6)38-36/h7-22H,1-6H3. The second-order valence-electron chi connectivity index (χ2n) is 11.8. The highest BCUT2D eigenvalue weighted by Crippen LogP contribution is 2.36. The van der Waals surface area contributed by atoms with E-state index < -0.39 is 7.12 Å². The fourth-order valence-corrected chi connectivity index (χ4v) is 5.76. The summed E-state index contributed by atoms with van der Waals surface area (Å²) in [5.41, 5.74) is 6.79. The van der Waals surface area contributed by atoms with E-state index in [0.717, 1.165) is 5.46 Å². The highest BCUT2D eigenvalue weighted by Gasteiger charge is 2.51. The van der Waals surface area contributed by atoms with Crippen LogP contribution in [0.5, 0.6) is 0 Å². The van der Waals surface area contributed by atoms with Gasteiger partial charge in [0.25, 0.3) is 0 Å². The third-order valence-corrected chi connectivity index (χ3v) is 8.66. The molecule has 0 atom stereocenters. The summed E-state index contributed by atoms with van der Waals surface area (Å²) in [6.07, 6.45) is 0. The summed E-state index contributed by atoms with van der Waals surface area (Å²) in [5.74, 6) is 0. The van der Waals surface area contributed by atoms with Crippen LogP contribution in [0.2, 0.25) is 0 Å². The third kappa shape index (κ3) is 4.26. The van der Waals surface area contributed by atoms with Gasteiger partial charge in [0.15, 0.2) is 0 Å². The molecule has 0 spiro atoms. The van der Waals surface area contributed by atoms with Gasteiger partial charge in [-0.25, -0.2) is 0 Å². The molecule has 6 rings (SSSR count). The molecule has 0 saturated carbocycles. The molecule has 1 aliphatic rings. The van der Waals surface area contributed by atoms with Crippen molar-refractivity contribution in [1.29, 1.82) is 0 Å². The van der Waals surface area contributed by atoms with Gasteiger partial charge in [0.2, 0.25) is 6.71 Å².